The van der Waals surface area contributed by atoms with Gasteiger partial charge in [-0.2, -0.15) is 4.31 Å². The second kappa shape index (κ2) is 10.2. The van der Waals surface area contributed by atoms with Gasteiger partial charge >= 0.3 is 0 Å². The summed E-state index contributed by atoms with van der Waals surface area (Å²) in [6.45, 7) is 4.76. The molecule has 33 heavy (non-hydrogen) atoms. The minimum absolute atomic E-state index is 0.0136. The fourth-order valence-electron chi connectivity index (χ4n) is 4.20. The van der Waals surface area contributed by atoms with Crippen molar-refractivity contribution in [3.05, 3.63) is 87.6 Å². The first-order valence-electron chi connectivity index (χ1n) is 11.4. The number of benzene rings is 2. The predicted octanol–water partition coefficient (Wildman–Crippen LogP) is 4.93. The van der Waals surface area contributed by atoms with E-state index in [1.165, 1.54) is 9.87 Å². The number of carbonyl (C=O) groups is 1. The Morgan fingerprint density at radius 2 is 1.73 bits per heavy atom. The highest BCUT2D eigenvalue weighted by Gasteiger charge is 2.33. The molecule has 0 spiro atoms. The number of hydrogen-bond acceptors (Lipinski definition) is 4. The highest BCUT2D eigenvalue weighted by molar-refractivity contribution is 7.89. The predicted molar refractivity (Wildman–Crippen MR) is 133 cm³/mol. The molecule has 1 N–H and O–H groups in total. The van der Waals surface area contributed by atoms with Crippen LogP contribution < -0.4 is 5.32 Å². The Hall–Kier alpha value is -2.48. The van der Waals surface area contributed by atoms with Gasteiger partial charge in [0.2, 0.25) is 15.9 Å². The van der Waals surface area contributed by atoms with Crippen LogP contribution in [0.2, 0.25) is 0 Å². The van der Waals surface area contributed by atoms with Crippen molar-refractivity contribution in [2.75, 3.05) is 13.1 Å². The number of amides is 1. The molecule has 2 heterocycles. The molecule has 1 aromatic heterocycles. The summed E-state index contributed by atoms with van der Waals surface area (Å²) in [7, 11) is -3.53. The van der Waals surface area contributed by atoms with Gasteiger partial charge in [0.05, 0.1) is 10.9 Å². The van der Waals surface area contributed by atoms with E-state index >= 15 is 0 Å². The molecular formula is C26H30N2O3S2. The third-order valence-corrected chi connectivity index (χ3v) is 9.17. The maximum atomic E-state index is 13.2. The van der Waals surface area contributed by atoms with E-state index in [4.69, 9.17) is 0 Å². The summed E-state index contributed by atoms with van der Waals surface area (Å²) in [6.07, 6.45) is 2.01. The number of aryl methyl sites for hydroxylation is 2. The molecule has 1 fully saturated rings. The third-order valence-electron chi connectivity index (χ3n) is 6.32. The summed E-state index contributed by atoms with van der Waals surface area (Å²) in [4.78, 5) is 14.6. The zero-order valence-corrected chi connectivity index (χ0v) is 20.7. The zero-order valence-electron chi connectivity index (χ0n) is 19.0. The lowest BCUT2D eigenvalue weighted by Crippen LogP contribution is -2.43. The van der Waals surface area contributed by atoms with Crippen molar-refractivity contribution in [2.45, 2.75) is 44.0 Å². The van der Waals surface area contributed by atoms with Crippen molar-refractivity contribution < 1.29 is 13.2 Å². The number of thiophene rings is 1. The molecule has 1 saturated heterocycles. The quantitative estimate of drug-likeness (QED) is 0.520. The number of carbonyl (C=O) groups excluding carboxylic acids is 1. The molecule has 0 saturated carbocycles. The Labute approximate surface area is 200 Å². The summed E-state index contributed by atoms with van der Waals surface area (Å²) >= 11 is 1.62. The average Bonchev–Trinajstić information content (AvgIpc) is 3.37. The molecule has 1 aliphatic rings. The number of nitrogens with zero attached hydrogens (tertiary/aromatic N) is 1. The molecule has 0 unspecified atom stereocenters. The first-order valence-corrected chi connectivity index (χ1v) is 13.7. The molecule has 2 aromatic carbocycles. The van der Waals surface area contributed by atoms with Crippen LogP contribution in [0.15, 0.2) is 70.9 Å². The van der Waals surface area contributed by atoms with Crippen molar-refractivity contribution in [2.24, 2.45) is 5.92 Å². The SMILES string of the molecule is CCc1ccc([C@@H](NC(=O)C2CCN(S(=O)(=O)c3ccc(C)cc3)CC2)c2cccs2)cc1. The fraction of sp³-hybridized carbons (Fsp3) is 0.346. The lowest BCUT2D eigenvalue weighted by Gasteiger charge is -2.31. The van der Waals surface area contributed by atoms with Crippen molar-refractivity contribution in [3.63, 3.8) is 0 Å². The van der Waals surface area contributed by atoms with Gasteiger partial charge in [-0.3, -0.25) is 4.79 Å². The maximum Gasteiger partial charge on any atom is 0.243 e. The second-order valence-electron chi connectivity index (χ2n) is 8.54. The van der Waals surface area contributed by atoms with Crippen LogP contribution in [0.4, 0.5) is 0 Å². The summed E-state index contributed by atoms with van der Waals surface area (Å²) in [5.74, 6) is -0.216. The van der Waals surface area contributed by atoms with Gasteiger partial charge in [-0.05, 0) is 60.9 Å². The lowest BCUT2D eigenvalue weighted by molar-refractivity contribution is -0.126. The Morgan fingerprint density at radius 3 is 2.30 bits per heavy atom. The molecule has 174 valence electrons. The molecule has 1 amide bonds. The monoisotopic (exact) mass is 482 g/mol. The second-order valence-corrected chi connectivity index (χ2v) is 11.5. The van der Waals surface area contributed by atoms with Crippen LogP contribution in [-0.4, -0.2) is 31.7 Å². The van der Waals surface area contributed by atoms with Gasteiger partial charge < -0.3 is 5.32 Å². The highest BCUT2D eigenvalue weighted by Crippen LogP contribution is 2.29. The molecule has 1 aliphatic heterocycles. The van der Waals surface area contributed by atoms with Crippen molar-refractivity contribution >= 4 is 27.3 Å². The highest BCUT2D eigenvalue weighted by atomic mass is 32.2. The van der Waals surface area contributed by atoms with E-state index in [-0.39, 0.29) is 17.9 Å². The molecule has 5 nitrogen and oxygen atoms in total. The van der Waals surface area contributed by atoms with Gasteiger partial charge in [-0.15, -0.1) is 11.3 Å². The van der Waals surface area contributed by atoms with Crippen LogP contribution in [0.1, 0.15) is 47.4 Å². The summed E-state index contributed by atoms with van der Waals surface area (Å²) in [6, 6.07) is 19.1. The van der Waals surface area contributed by atoms with Crippen LogP contribution in [0.25, 0.3) is 0 Å². The zero-order chi connectivity index (χ0) is 23.4. The Kier molecular flexibility index (Phi) is 7.32. The van der Waals surface area contributed by atoms with E-state index in [1.807, 2.05) is 36.6 Å². The molecule has 0 aliphatic carbocycles. The van der Waals surface area contributed by atoms with E-state index in [9.17, 15) is 13.2 Å². The van der Waals surface area contributed by atoms with E-state index in [0.717, 1.165) is 22.4 Å². The standard InChI is InChI=1S/C26H30N2O3S2/c1-3-20-8-10-21(11-9-20)25(24-5-4-18-32-24)27-26(29)22-14-16-28(17-15-22)33(30,31)23-12-6-19(2)7-13-23/h4-13,18,22,25H,3,14-17H2,1-2H3,(H,27,29)/t25-/m1/s1. The van der Waals surface area contributed by atoms with E-state index in [2.05, 4.69) is 36.5 Å². The molecule has 1 atom stereocenters. The molecule has 3 aromatic rings. The first kappa shape index (κ1) is 23.7. The Morgan fingerprint density at radius 1 is 1.06 bits per heavy atom. The number of piperidine rings is 1. The molecule has 0 bridgehead atoms. The first-order chi connectivity index (χ1) is 15.9. The van der Waals surface area contributed by atoms with Gasteiger partial charge in [0.25, 0.3) is 0 Å². The fourth-order valence-corrected chi connectivity index (χ4v) is 6.47. The van der Waals surface area contributed by atoms with Gasteiger partial charge in [-0.1, -0.05) is 55.0 Å². The van der Waals surface area contributed by atoms with Crippen LogP contribution >= 0.6 is 11.3 Å². The van der Waals surface area contributed by atoms with E-state index in [1.54, 1.807) is 23.5 Å². The average molecular weight is 483 g/mol. The number of nitrogens with one attached hydrogen (secondary N) is 1. The minimum Gasteiger partial charge on any atom is -0.344 e. The largest absolute Gasteiger partial charge is 0.344 e. The van der Waals surface area contributed by atoms with Crippen LogP contribution in [0, 0.1) is 12.8 Å². The minimum atomic E-state index is -3.53. The molecular weight excluding hydrogens is 452 g/mol. The lowest BCUT2D eigenvalue weighted by atomic mass is 9.95. The molecule has 7 heteroatoms. The Balaban J connectivity index is 1.43. The third kappa shape index (κ3) is 5.37. The van der Waals surface area contributed by atoms with Gasteiger partial charge in [0, 0.05) is 23.9 Å². The summed E-state index contributed by atoms with van der Waals surface area (Å²) in [5, 5.41) is 5.26. The van der Waals surface area contributed by atoms with Crippen molar-refractivity contribution in [1.82, 2.24) is 9.62 Å². The molecule has 4 rings (SSSR count). The number of hydrogen-bond donors (Lipinski definition) is 1. The topological polar surface area (TPSA) is 66.5 Å². The van der Waals surface area contributed by atoms with Gasteiger partial charge in [0.15, 0.2) is 0 Å². The summed E-state index contributed by atoms with van der Waals surface area (Å²) < 4.78 is 27.4. The summed E-state index contributed by atoms with van der Waals surface area (Å²) in [5.41, 5.74) is 3.34. The smallest absolute Gasteiger partial charge is 0.243 e. The van der Waals surface area contributed by atoms with Gasteiger partial charge in [-0.25, -0.2) is 8.42 Å². The van der Waals surface area contributed by atoms with E-state index in [0.29, 0.717) is 30.8 Å². The van der Waals surface area contributed by atoms with Crippen LogP contribution in [-0.2, 0) is 21.2 Å². The normalized spacial score (nSPS) is 16.4. The van der Waals surface area contributed by atoms with Crippen molar-refractivity contribution in [1.29, 1.82) is 0 Å². The van der Waals surface area contributed by atoms with Crippen LogP contribution in [0.3, 0.4) is 0 Å². The van der Waals surface area contributed by atoms with Crippen LogP contribution in [0.5, 0.6) is 0 Å². The number of sulfonamides is 1. The van der Waals surface area contributed by atoms with E-state index < -0.39 is 10.0 Å². The van der Waals surface area contributed by atoms with Gasteiger partial charge in [0.1, 0.15) is 0 Å². The Bertz CT molecular complexity index is 1160. The maximum absolute atomic E-state index is 13.2. The number of rotatable bonds is 7. The molecule has 0 radical (unpaired) electrons. The van der Waals surface area contributed by atoms with Crippen molar-refractivity contribution in [3.8, 4) is 0 Å².